The molecule has 0 aliphatic rings. The van der Waals surface area contributed by atoms with Crippen LogP contribution in [0, 0.1) is 6.92 Å². The summed E-state index contributed by atoms with van der Waals surface area (Å²) < 4.78 is 5.65. The smallest absolute Gasteiger partial charge is 0.197 e. The number of carbonyl (C=O) groups is 1. The predicted octanol–water partition coefficient (Wildman–Crippen LogP) is 4.38. The van der Waals surface area contributed by atoms with Gasteiger partial charge in [0.25, 0.3) is 0 Å². The zero-order valence-corrected chi connectivity index (χ0v) is 14.1. The van der Waals surface area contributed by atoms with Gasteiger partial charge in [-0.3, -0.25) is 4.79 Å². The molecule has 4 nitrogen and oxygen atoms in total. The van der Waals surface area contributed by atoms with Gasteiger partial charge < -0.3 is 4.74 Å². The second-order valence-corrected chi connectivity index (χ2v) is 6.38. The quantitative estimate of drug-likeness (QED) is 0.493. The molecule has 0 spiro atoms. The summed E-state index contributed by atoms with van der Waals surface area (Å²) in [6.45, 7) is 2.30. The third-order valence-electron chi connectivity index (χ3n) is 3.15. The van der Waals surface area contributed by atoms with Crippen LogP contribution in [0.25, 0.3) is 6.08 Å². The Morgan fingerprint density at radius 3 is 2.70 bits per heavy atom. The summed E-state index contributed by atoms with van der Waals surface area (Å²) in [6, 6.07) is 7.60. The minimum Gasteiger partial charge on any atom is -0.487 e. The standard InChI is InChI=1S/C17H14N2O2S2/c1-12-17(23-11-18-12)16(20)7-4-13-2-5-15(6-3-13)21-8-14-9-22-10-19-14/h2-7,9-11H,8H2,1H3/b7-4+. The zero-order valence-electron chi connectivity index (χ0n) is 12.4. The number of aromatic nitrogens is 2. The molecular formula is C17H14N2O2S2. The van der Waals surface area contributed by atoms with Crippen molar-refractivity contribution in [3.63, 3.8) is 0 Å². The van der Waals surface area contributed by atoms with E-state index >= 15 is 0 Å². The van der Waals surface area contributed by atoms with E-state index in [-0.39, 0.29) is 5.78 Å². The first kappa shape index (κ1) is 15.6. The summed E-state index contributed by atoms with van der Waals surface area (Å²) in [5.41, 5.74) is 6.11. The van der Waals surface area contributed by atoms with E-state index in [1.165, 1.54) is 11.3 Å². The fraction of sp³-hybridized carbons (Fsp3) is 0.118. The van der Waals surface area contributed by atoms with Crippen molar-refractivity contribution in [1.29, 1.82) is 0 Å². The van der Waals surface area contributed by atoms with E-state index in [9.17, 15) is 4.79 Å². The average molecular weight is 342 g/mol. The number of thiazole rings is 2. The Labute approximate surface area is 142 Å². The Hall–Kier alpha value is -2.31. The Morgan fingerprint density at radius 2 is 2.04 bits per heavy atom. The van der Waals surface area contributed by atoms with Gasteiger partial charge in [0.05, 0.1) is 27.3 Å². The molecule has 0 unspecified atom stereocenters. The highest BCUT2D eigenvalue weighted by Gasteiger charge is 2.07. The largest absolute Gasteiger partial charge is 0.487 e. The maximum atomic E-state index is 12.1. The maximum absolute atomic E-state index is 12.1. The van der Waals surface area contributed by atoms with Gasteiger partial charge in [0.2, 0.25) is 0 Å². The van der Waals surface area contributed by atoms with Crippen LogP contribution in [-0.4, -0.2) is 15.8 Å². The molecule has 3 rings (SSSR count). The Kier molecular flexibility index (Phi) is 4.95. The number of allylic oxidation sites excluding steroid dienone is 1. The number of carbonyl (C=O) groups excluding carboxylic acids is 1. The van der Waals surface area contributed by atoms with Gasteiger partial charge in [-0.25, -0.2) is 9.97 Å². The number of ether oxygens (including phenoxy) is 1. The molecule has 0 aliphatic heterocycles. The average Bonchev–Trinajstić information content (AvgIpc) is 3.23. The summed E-state index contributed by atoms with van der Waals surface area (Å²) >= 11 is 2.91. The molecule has 0 N–H and O–H groups in total. The molecule has 0 radical (unpaired) electrons. The van der Waals surface area contributed by atoms with E-state index < -0.39 is 0 Å². The lowest BCUT2D eigenvalue weighted by Crippen LogP contribution is -1.95. The first-order valence-electron chi connectivity index (χ1n) is 6.95. The van der Waals surface area contributed by atoms with E-state index in [4.69, 9.17) is 4.74 Å². The molecule has 6 heteroatoms. The Morgan fingerprint density at radius 1 is 1.22 bits per heavy atom. The lowest BCUT2D eigenvalue weighted by atomic mass is 10.1. The number of benzene rings is 1. The van der Waals surface area contributed by atoms with Crippen molar-refractivity contribution in [2.24, 2.45) is 0 Å². The van der Waals surface area contributed by atoms with Crippen molar-refractivity contribution in [2.75, 3.05) is 0 Å². The van der Waals surface area contributed by atoms with E-state index in [1.807, 2.05) is 36.6 Å². The van der Waals surface area contributed by atoms with E-state index in [1.54, 1.807) is 34.5 Å². The topological polar surface area (TPSA) is 52.1 Å². The predicted molar refractivity (Wildman–Crippen MR) is 93.1 cm³/mol. The molecule has 0 fully saturated rings. The van der Waals surface area contributed by atoms with Crippen LogP contribution < -0.4 is 4.74 Å². The fourth-order valence-corrected chi connectivity index (χ4v) is 3.19. The van der Waals surface area contributed by atoms with Gasteiger partial charge in [0.15, 0.2) is 5.78 Å². The van der Waals surface area contributed by atoms with Crippen LogP contribution >= 0.6 is 22.7 Å². The summed E-state index contributed by atoms with van der Waals surface area (Å²) in [5, 5.41) is 1.96. The first-order chi connectivity index (χ1) is 11.2. The minimum absolute atomic E-state index is 0.0196. The molecule has 3 aromatic rings. The van der Waals surface area contributed by atoms with Gasteiger partial charge in [0.1, 0.15) is 12.4 Å². The number of rotatable bonds is 6. The van der Waals surface area contributed by atoms with Crippen LogP contribution in [0.2, 0.25) is 0 Å². The van der Waals surface area contributed by atoms with Gasteiger partial charge in [-0.2, -0.15) is 0 Å². The Balaban J connectivity index is 1.60. The number of aryl methyl sites for hydroxylation is 1. The summed E-state index contributed by atoms with van der Waals surface area (Å²) in [6.07, 6.45) is 3.37. The normalized spacial score (nSPS) is 11.0. The highest BCUT2D eigenvalue weighted by Crippen LogP contribution is 2.17. The molecule has 0 bridgehead atoms. The molecule has 2 heterocycles. The van der Waals surface area contributed by atoms with Crippen LogP contribution in [0.3, 0.4) is 0 Å². The van der Waals surface area contributed by atoms with Gasteiger partial charge in [0, 0.05) is 5.38 Å². The van der Waals surface area contributed by atoms with Gasteiger partial charge >= 0.3 is 0 Å². The van der Waals surface area contributed by atoms with Crippen molar-refractivity contribution >= 4 is 34.5 Å². The second kappa shape index (κ2) is 7.30. The molecule has 0 saturated carbocycles. The lowest BCUT2D eigenvalue weighted by molar-refractivity contribution is 0.105. The third-order valence-corrected chi connectivity index (χ3v) is 4.73. The molecule has 1 aromatic carbocycles. The van der Waals surface area contributed by atoms with Crippen LogP contribution in [0.5, 0.6) is 5.75 Å². The summed E-state index contributed by atoms with van der Waals surface area (Å²) in [5.74, 6) is 0.758. The van der Waals surface area contributed by atoms with Crippen LogP contribution in [0.15, 0.2) is 46.7 Å². The molecule has 0 amide bonds. The van der Waals surface area contributed by atoms with Gasteiger partial charge in [-0.05, 0) is 30.7 Å². The SMILES string of the molecule is Cc1ncsc1C(=O)/C=C/c1ccc(OCc2cscn2)cc1. The lowest BCUT2D eigenvalue weighted by Gasteiger charge is -2.04. The number of hydrogen-bond acceptors (Lipinski definition) is 6. The monoisotopic (exact) mass is 342 g/mol. The van der Waals surface area contributed by atoms with Crippen LogP contribution in [0.4, 0.5) is 0 Å². The van der Waals surface area contributed by atoms with Crippen LogP contribution in [-0.2, 0) is 6.61 Å². The third kappa shape index (κ3) is 4.12. The van der Waals surface area contributed by atoms with Crippen molar-refractivity contribution < 1.29 is 9.53 Å². The number of nitrogens with zero attached hydrogens (tertiary/aromatic N) is 2. The van der Waals surface area contributed by atoms with E-state index in [0.29, 0.717) is 11.5 Å². The molecule has 0 atom stereocenters. The van der Waals surface area contributed by atoms with Crippen LogP contribution in [0.1, 0.15) is 26.6 Å². The summed E-state index contributed by atoms with van der Waals surface area (Å²) in [4.78, 5) is 21.0. The summed E-state index contributed by atoms with van der Waals surface area (Å²) in [7, 11) is 0. The van der Waals surface area contributed by atoms with Crippen molar-refractivity contribution in [1.82, 2.24) is 9.97 Å². The molecule has 0 saturated heterocycles. The Bertz CT molecular complexity index is 806. The molecular weight excluding hydrogens is 328 g/mol. The first-order valence-corrected chi connectivity index (χ1v) is 8.77. The van der Waals surface area contributed by atoms with Gasteiger partial charge in [-0.15, -0.1) is 22.7 Å². The van der Waals surface area contributed by atoms with Crippen molar-refractivity contribution in [3.8, 4) is 5.75 Å². The highest BCUT2D eigenvalue weighted by molar-refractivity contribution is 7.12. The van der Waals surface area contributed by atoms with E-state index in [0.717, 1.165) is 22.7 Å². The van der Waals surface area contributed by atoms with E-state index in [2.05, 4.69) is 9.97 Å². The minimum atomic E-state index is -0.0196. The van der Waals surface area contributed by atoms with Crippen molar-refractivity contribution in [3.05, 3.63) is 68.6 Å². The second-order valence-electron chi connectivity index (χ2n) is 4.80. The molecule has 23 heavy (non-hydrogen) atoms. The fourth-order valence-electron chi connectivity index (χ4n) is 1.93. The van der Waals surface area contributed by atoms with Crippen molar-refractivity contribution in [2.45, 2.75) is 13.5 Å². The number of hydrogen-bond donors (Lipinski definition) is 0. The van der Waals surface area contributed by atoms with Gasteiger partial charge in [-0.1, -0.05) is 18.2 Å². The number of ketones is 1. The highest BCUT2D eigenvalue weighted by atomic mass is 32.1. The molecule has 116 valence electrons. The maximum Gasteiger partial charge on any atom is 0.197 e. The molecule has 0 aliphatic carbocycles. The zero-order chi connectivity index (χ0) is 16.1. The molecule has 2 aromatic heterocycles.